The van der Waals surface area contributed by atoms with E-state index in [0.717, 1.165) is 53.9 Å². The third-order valence-electron chi connectivity index (χ3n) is 6.76. The molecule has 3 atom stereocenters. The number of rotatable bonds is 3. The summed E-state index contributed by atoms with van der Waals surface area (Å²) in [5.41, 5.74) is 4.28. The van der Waals surface area contributed by atoms with Crippen molar-refractivity contribution in [2.45, 2.75) is 25.8 Å². The van der Waals surface area contributed by atoms with Crippen molar-refractivity contribution in [3.63, 3.8) is 0 Å². The third-order valence-corrected chi connectivity index (χ3v) is 6.76. The molecule has 5 rings (SSSR count). The molecule has 1 saturated heterocycles. The number of para-hydroxylation sites is 1. The SMILES string of the molecule is Cc1c(C(=O)C[NH+]2CC3CC(C2)c2cccc(=O)n2C3)c2ccccc2n1C.[Cl-]. The van der Waals surface area contributed by atoms with Crippen LogP contribution in [0.15, 0.2) is 47.3 Å². The third kappa shape index (κ3) is 3.22. The van der Waals surface area contributed by atoms with Gasteiger partial charge in [-0.15, -0.1) is 0 Å². The summed E-state index contributed by atoms with van der Waals surface area (Å²) < 4.78 is 4.07. The fourth-order valence-electron chi connectivity index (χ4n) is 5.45. The van der Waals surface area contributed by atoms with Gasteiger partial charge in [0.25, 0.3) is 5.56 Å². The van der Waals surface area contributed by atoms with Crippen LogP contribution in [-0.2, 0) is 13.6 Å². The van der Waals surface area contributed by atoms with Gasteiger partial charge < -0.3 is 26.4 Å². The summed E-state index contributed by atoms with van der Waals surface area (Å²) in [5.74, 6) is 1.08. The van der Waals surface area contributed by atoms with E-state index in [1.54, 1.807) is 6.07 Å². The number of pyridine rings is 1. The molecule has 0 aliphatic carbocycles. The van der Waals surface area contributed by atoms with E-state index in [1.165, 1.54) is 4.90 Å². The summed E-state index contributed by atoms with van der Waals surface area (Å²) in [6.07, 6.45) is 1.13. The Kier molecular flexibility index (Phi) is 5.13. The van der Waals surface area contributed by atoms with E-state index in [2.05, 4.69) is 22.8 Å². The van der Waals surface area contributed by atoms with E-state index in [0.29, 0.717) is 18.4 Å². The number of halogens is 1. The molecule has 5 nitrogen and oxygen atoms in total. The zero-order valence-electron chi connectivity index (χ0n) is 16.8. The van der Waals surface area contributed by atoms with Crippen LogP contribution in [0.2, 0.25) is 0 Å². The van der Waals surface area contributed by atoms with Gasteiger partial charge in [-0.2, -0.15) is 0 Å². The first kappa shape index (κ1) is 19.9. The highest BCUT2D eigenvalue weighted by Gasteiger charge is 2.38. The second-order valence-electron chi connectivity index (χ2n) is 8.49. The Morgan fingerprint density at radius 3 is 2.76 bits per heavy atom. The lowest BCUT2D eigenvalue weighted by Gasteiger charge is -2.40. The molecule has 0 radical (unpaired) electrons. The predicted octanol–water partition coefficient (Wildman–Crippen LogP) is -1.46. The van der Waals surface area contributed by atoms with Crippen LogP contribution in [-0.4, -0.2) is 34.6 Å². The number of aryl methyl sites for hydroxylation is 1. The van der Waals surface area contributed by atoms with E-state index >= 15 is 0 Å². The number of hydrogen-bond acceptors (Lipinski definition) is 2. The zero-order valence-corrected chi connectivity index (χ0v) is 17.6. The van der Waals surface area contributed by atoms with Gasteiger partial charge in [0.2, 0.25) is 5.78 Å². The van der Waals surface area contributed by atoms with Gasteiger partial charge in [-0.3, -0.25) is 9.59 Å². The first-order chi connectivity index (χ1) is 13.5. The number of aromatic nitrogens is 2. The van der Waals surface area contributed by atoms with E-state index < -0.39 is 0 Å². The largest absolute Gasteiger partial charge is 1.00 e. The maximum Gasteiger partial charge on any atom is 0.250 e. The molecule has 2 aliphatic rings. The normalized spacial score (nSPS) is 22.8. The molecule has 29 heavy (non-hydrogen) atoms. The highest BCUT2D eigenvalue weighted by atomic mass is 35.5. The molecule has 2 aliphatic heterocycles. The molecule has 2 aromatic heterocycles. The fourth-order valence-corrected chi connectivity index (χ4v) is 5.45. The Hall–Kier alpha value is -2.37. The molecule has 2 bridgehead atoms. The zero-order chi connectivity index (χ0) is 19.4. The predicted molar refractivity (Wildman–Crippen MR) is 109 cm³/mol. The van der Waals surface area contributed by atoms with Crippen LogP contribution in [0.1, 0.15) is 34.1 Å². The number of benzene rings is 1. The van der Waals surface area contributed by atoms with Crippen molar-refractivity contribution < 1.29 is 22.1 Å². The van der Waals surface area contributed by atoms with Crippen LogP contribution in [0.3, 0.4) is 0 Å². The van der Waals surface area contributed by atoms with Crippen molar-refractivity contribution in [2.24, 2.45) is 13.0 Å². The van der Waals surface area contributed by atoms with E-state index in [-0.39, 0.29) is 23.7 Å². The average molecular weight is 412 g/mol. The maximum atomic E-state index is 13.3. The van der Waals surface area contributed by atoms with Crippen LogP contribution in [0, 0.1) is 12.8 Å². The molecule has 0 amide bonds. The summed E-state index contributed by atoms with van der Waals surface area (Å²) in [6, 6.07) is 13.8. The number of ketones is 1. The van der Waals surface area contributed by atoms with Crippen LogP contribution in [0.4, 0.5) is 0 Å². The average Bonchev–Trinajstić information content (AvgIpc) is 2.94. The Bertz CT molecular complexity index is 1150. The molecule has 1 aromatic carbocycles. The highest BCUT2D eigenvalue weighted by Crippen LogP contribution is 2.30. The summed E-state index contributed by atoms with van der Waals surface area (Å²) in [7, 11) is 2.03. The Morgan fingerprint density at radius 2 is 1.93 bits per heavy atom. The first-order valence-electron chi connectivity index (χ1n) is 10.1. The standard InChI is InChI=1S/C23H25N3O2.ClH/c1-15-23(18-6-3-4-7-20(18)24(15)2)21(27)14-25-11-16-10-17(13-25)19-8-5-9-22(28)26(19)12-16;/h3-9,16-17H,10-14H2,1-2H3;1H. The van der Waals surface area contributed by atoms with Crippen molar-refractivity contribution >= 4 is 16.7 Å². The molecule has 0 saturated carbocycles. The summed E-state index contributed by atoms with van der Waals surface area (Å²) in [5, 5.41) is 1.06. The Balaban J connectivity index is 0.00000205. The van der Waals surface area contributed by atoms with Crippen molar-refractivity contribution in [2.75, 3.05) is 19.6 Å². The monoisotopic (exact) mass is 411 g/mol. The van der Waals surface area contributed by atoms with Gasteiger partial charge in [0.05, 0.1) is 18.7 Å². The number of carbonyl (C=O) groups is 1. The van der Waals surface area contributed by atoms with Gasteiger partial charge in [-0.05, 0) is 25.5 Å². The second-order valence-corrected chi connectivity index (χ2v) is 8.49. The second kappa shape index (κ2) is 7.47. The molecule has 6 heteroatoms. The minimum atomic E-state index is 0. The molecule has 152 valence electrons. The van der Waals surface area contributed by atoms with Crippen LogP contribution in [0.5, 0.6) is 0 Å². The molecular weight excluding hydrogens is 386 g/mol. The lowest BCUT2D eigenvalue weighted by atomic mass is 9.83. The van der Waals surface area contributed by atoms with Crippen molar-refractivity contribution in [1.82, 2.24) is 9.13 Å². The van der Waals surface area contributed by atoms with Crippen molar-refractivity contribution in [3.8, 4) is 0 Å². The van der Waals surface area contributed by atoms with Crippen LogP contribution in [0.25, 0.3) is 10.9 Å². The number of nitrogens with one attached hydrogen (secondary N) is 1. The van der Waals surface area contributed by atoms with Gasteiger partial charge in [0.1, 0.15) is 6.54 Å². The van der Waals surface area contributed by atoms with Gasteiger partial charge in [0, 0.05) is 53.8 Å². The number of carbonyl (C=O) groups excluding carboxylic acids is 1. The first-order valence-corrected chi connectivity index (χ1v) is 10.1. The van der Waals surface area contributed by atoms with Gasteiger partial charge in [0.15, 0.2) is 0 Å². The molecule has 3 aromatic rings. The quantitative estimate of drug-likeness (QED) is 0.535. The van der Waals surface area contributed by atoms with Gasteiger partial charge in [-0.1, -0.05) is 24.3 Å². The lowest BCUT2D eigenvalue weighted by molar-refractivity contribution is -0.902. The van der Waals surface area contributed by atoms with E-state index in [1.807, 2.05) is 36.7 Å². The molecule has 1 fully saturated rings. The minimum absolute atomic E-state index is 0. The smallest absolute Gasteiger partial charge is 0.250 e. The van der Waals surface area contributed by atoms with Crippen molar-refractivity contribution in [3.05, 3.63) is 69.8 Å². The molecule has 1 N–H and O–H groups in total. The summed E-state index contributed by atoms with van der Waals surface area (Å²) >= 11 is 0. The minimum Gasteiger partial charge on any atom is -1.00 e. The highest BCUT2D eigenvalue weighted by molar-refractivity contribution is 6.10. The Morgan fingerprint density at radius 1 is 1.14 bits per heavy atom. The Labute approximate surface area is 176 Å². The van der Waals surface area contributed by atoms with Crippen LogP contribution >= 0.6 is 0 Å². The maximum absolute atomic E-state index is 13.3. The molecular formula is C23H26ClN3O2. The van der Waals surface area contributed by atoms with E-state index in [9.17, 15) is 9.59 Å². The number of hydrogen-bond donors (Lipinski definition) is 1. The van der Waals surface area contributed by atoms with Gasteiger partial charge in [-0.25, -0.2) is 0 Å². The van der Waals surface area contributed by atoms with Crippen LogP contribution < -0.4 is 22.9 Å². The number of nitrogens with zero attached hydrogens (tertiary/aromatic N) is 2. The molecule has 3 unspecified atom stereocenters. The number of likely N-dealkylation sites (tertiary alicyclic amines) is 1. The molecule has 0 spiro atoms. The van der Waals surface area contributed by atoms with Gasteiger partial charge >= 0.3 is 0 Å². The number of quaternary nitrogens is 1. The number of fused-ring (bicyclic) bond motifs is 5. The lowest BCUT2D eigenvalue weighted by Crippen LogP contribution is -3.15. The number of piperidine rings is 1. The number of Topliss-reactive ketones (excluding diaryl/α,β-unsaturated/α-hetero) is 1. The summed E-state index contributed by atoms with van der Waals surface area (Å²) in [4.78, 5) is 26.8. The fraction of sp³-hybridized carbons (Fsp3) is 0.391. The molecule has 4 heterocycles. The topological polar surface area (TPSA) is 48.4 Å². The van der Waals surface area contributed by atoms with E-state index in [4.69, 9.17) is 0 Å². The van der Waals surface area contributed by atoms with Crippen molar-refractivity contribution in [1.29, 1.82) is 0 Å². The summed E-state index contributed by atoms with van der Waals surface area (Å²) in [6.45, 7) is 5.24.